The van der Waals surface area contributed by atoms with Gasteiger partial charge in [-0.25, -0.2) is 4.98 Å². The standard InChI is InChI=1S/C14H26N4OS/c1-12-11-17(2)6-4-7-18(12)14-16-10-13(20-14)9-15-5-8-19-3/h10,12,15H,4-9,11H2,1-3H3. The monoisotopic (exact) mass is 298 g/mol. The van der Waals surface area contributed by atoms with E-state index in [0.717, 1.165) is 37.9 Å². The summed E-state index contributed by atoms with van der Waals surface area (Å²) in [5.74, 6) is 0. The van der Waals surface area contributed by atoms with E-state index in [-0.39, 0.29) is 0 Å². The number of hydrogen-bond donors (Lipinski definition) is 1. The second-order valence-electron chi connectivity index (χ2n) is 5.44. The van der Waals surface area contributed by atoms with Crippen molar-refractivity contribution in [2.75, 3.05) is 51.8 Å². The van der Waals surface area contributed by atoms with Crippen LogP contribution in [0.25, 0.3) is 0 Å². The number of aromatic nitrogens is 1. The molecule has 114 valence electrons. The molecule has 1 N–H and O–H groups in total. The first-order valence-electron chi connectivity index (χ1n) is 7.30. The molecule has 0 aromatic carbocycles. The summed E-state index contributed by atoms with van der Waals surface area (Å²) in [4.78, 5) is 10.8. The minimum atomic E-state index is 0.531. The molecule has 1 atom stereocenters. The average molecular weight is 298 g/mol. The highest BCUT2D eigenvalue weighted by molar-refractivity contribution is 7.15. The molecule has 0 amide bonds. The first-order chi connectivity index (χ1) is 9.70. The maximum Gasteiger partial charge on any atom is 0.185 e. The lowest BCUT2D eigenvalue weighted by Crippen LogP contribution is -2.37. The first-order valence-corrected chi connectivity index (χ1v) is 8.12. The van der Waals surface area contributed by atoms with Crippen molar-refractivity contribution in [3.8, 4) is 0 Å². The van der Waals surface area contributed by atoms with Crippen LogP contribution < -0.4 is 10.2 Å². The molecule has 0 bridgehead atoms. The topological polar surface area (TPSA) is 40.6 Å². The lowest BCUT2D eigenvalue weighted by atomic mass is 10.3. The fraction of sp³-hybridized carbons (Fsp3) is 0.786. The largest absolute Gasteiger partial charge is 0.383 e. The van der Waals surface area contributed by atoms with Gasteiger partial charge in [0.25, 0.3) is 0 Å². The number of ether oxygens (including phenoxy) is 1. The van der Waals surface area contributed by atoms with E-state index in [1.165, 1.54) is 17.8 Å². The highest BCUT2D eigenvalue weighted by Crippen LogP contribution is 2.25. The van der Waals surface area contributed by atoms with Gasteiger partial charge in [-0.2, -0.15) is 0 Å². The van der Waals surface area contributed by atoms with Gasteiger partial charge in [-0.15, -0.1) is 11.3 Å². The van der Waals surface area contributed by atoms with E-state index in [1.54, 1.807) is 18.4 Å². The van der Waals surface area contributed by atoms with Crippen molar-refractivity contribution in [2.24, 2.45) is 0 Å². The maximum atomic E-state index is 5.03. The number of hydrogen-bond acceptors (Lipinski definition) is 6. The second kappa shape index (κ2) is 7.93. The summed E-state index contributed by atoms with van der Waals surface area (Å²) in [6.45, 7) is 8.20. The Morgan fingerprint density at radius 1 is 1.50 bits per heavy atom. The van der Waals surface area contributed by atoms with Crippen LogP contribution in [0, 0.1) is 0 Å². The lowest BCUT2D eigenvalue weighted by Gasteiger charge is -2.27. The van der Waals surface area contributed by atoms with Crippen molar-refractivity contribution in [3.63, 3.8) is 0 Å². The Labute approximate surface area is 125 Å². The van der Waals surface area contributed by atoms with Crippen LogP contribution in [-0.4, -0.2) is 62.9 Å². The van der Waals surface area contributed by atoms with Crippen LogP contribution in [0.5, 0.6) is 0 Å². The van der Waals surface area contributed by atoms with Gasteiger partial charge in [0.2, 0.25) is 0 Å². The van der Waals surface area contributed by atoms with Crippen LogP contribution in [-0.2, 0) is 11.3 Å². The van der Waals surface area contributed by atoms with Crippen LogP contribution in [0.1, 0.15) is 18.2 Å². The molecule has 0 radical (unpaired) electrons. The van der Waals surface area contributed by atoms with Crippen molar-refractivity contribution in [1.29, 1.82) is 0 Å². The molecular formula is C14H26N4OS. The Kier molecular flexibility index (Phi) is 6.22. The van der Waals surface area contributed by atoms with Gasteiger partial charge in [-0.05, 0) is 26.9 Å². The molecule has 1 aliphatic heterocycles. The molecule has 1 aromatic rings. The van der Waals surface area contributed by atoms with Gasteiger partial charge in [0.15, 0.2) is 5.13 Å². The van der Waals surface area contributed by atoms with Crippen LogP contribution in [0.4, 0.5) is 5.13 Å². The van der Waals surface area contributed by atoms with E-state index in [1.807, 2.05) is 6.20 Å². The molecular weight excluding hydrogens is 272 g/mol. The number of thiazole rings is 1. The fourth-order valence-corrected chi connectivity index (χ4v) is 3.56. The SMILES string of the molecule is COCCNCc1cnc(N2CCCN(C)CC2C)s1. The summed E-state index contributed by atoms with van der Waals surface area (Å²) < 4.78 is 5.03. The lowest BCUT2D eigenvalue weighted by molar-refractivity contribution is 0.199. The molecule has 1 saturated heterocycles. The predicted octanol–water partition coefficient (Wildman–Crippen LogP) is 1.41. The van der Waals surface area contributed by atoms with Crippen LogP contribution in [0.3, 0.4) is 0 Å². The Bertz CT molecular complexity index is 398. The van der Waals surface area contributed by atoms with Crippen molar-refractivity contribution < 1.29 is 4.74 Å². The normalized spacial score (nSPS) is 21.1. The van der Waals surface area contributed by atoms with E-state index in [4.69, 9.17) is 4.74 Å². The molecule has 1 aromatic heterocycles. The quantitative estimate of drug-likeness (QED) is 0.804. The Balaban J connectivity index is 1.90. The Morgan fingerprint density at radius 2 is 2.35 bits per heavy atom. The summed E-state index contributed by atoms with van der Waals surface area (Å²) in [5, 5.41) is 4.53. The van der Waals surface area contributed by atoms with E-state index in [2.05, 4.69) is 34.1 Å². The third-order valence-electron chi connectivity index (χ3n) is 3.62. The maximum absolute atomic E-state index is 5.03. The molecule has 6 heteroatoms. The van der Waals surface area contributed by atoms with E-state index >= 15 is 0 Å². The number of anilines is 1. The molecule has 2 rings (SSSR count). The Morgan fingerprint density at radius 3 is 3.15 bits per heavy atom. The van der Waals surface area contributed by atoms with Gasteiger partial charge in [0.1, 0.15) is 0 Å². The summed E-state index contributed by atoms with van der Waals surface area (Å²) >= 11 is 1.80. The summed E-state index contributed by atoms with van der Waals surface area (Å²) in [5.41, 5.74) is 0. The van der Waals surface area contributed by atoms with Crippen molar-refractivity contribution in [3.05, 3.63) is 11.1 Å². The van der Waals surface area contributed by atoms with Gasteiger partial charge in [0, 0.05) is 50.4 Å². The minimum absolute atomic E-state index is 0.531. The highest BCUT2D eigenvalue weighted by Gasteiger charge is 2.21. The molecule has 0 spiro atoms. The average Bonchev–Trinajstić information content (AvgIpc) is 2.81. The van der Waals surface area contributed by atoms with E-state index < -0.39 is 0 Å². The van der Waals surface area contributed by atoms with Crippen LogP contribution in [0.2, 0.25) is 0 Å². The second-order valence-corrected chi connectivity index (χ2v) is 6.53. The summed E-state index contributed by atoms with van der Waals surface area (Å²) in [6, 6.07) is 0.531. The van der Waals surface area contributed by atoms with Gasteiger partial charge in [-0.1, -0.05) is 0 Å². The molecule has 0 aliphatic carbocycles. The summed E-state index contributed by atoms with van der Waals surface area (Å²) in [6.07, 6.45) is 3.21. The number of nitrogens with one attached hydrogen (secondary N) is 1. The van der Waals surface area contributed by atoms with Crippen molar-refractivity contribution in [1.82, 2.24) is 15.2 Å². The van der Waals surface area contributed by atoms with Crippen molar-refractivity contribution in [2.45, 2.75) is 25.9 Å². The predicted molar refractivity (Wildman–Crippen MR) is 84.6 cm³/mol. The van der Waals surface area contributed by atoms with Crippen LogP contribution >= 0.6 is 11.3 Å². The third kappa shape index (κ3) is 4.41. The number of methoxy groups -OCH3 is 1. The zero-order chi connectivity index (χ0) is 14.4. The number of rotatable bonds is 6. The zero-order valence-electron chi connectivity index (χ0n) is 12.8. The molecule has 20 heavy (non-hydrogen) atoms. The van der Waals surface area contributed by atoms with Crippen LogP contribution in [0.15, 0.2) is 6.20 Å². The van der Waals surface area contributed by atoms with E-state index in [9.17, 15) is 0 Å². The van der Waals surface area contributed by atoms with Crippen molar-refractivity contribution >= 4 is 16.5 Å². The molecule has 0 saturated carbocycles. The van der Waals surface area contributed by atoms with Gasteiger partial charge in [0.05, 0.1) is 6.61 Å². The number of likely N-dealkylation sites (N-methyl/N-ethyl adjacent to an activating group) is 1. The minimum Gasteiger partial charge on any atom is -0.383 e. The molecule has 2 heterocycles. The smallest absolute Gasteiger partial charge is 0.185 e. The molecule has 5 nitrogen and oxygen atoms in total. The summed E-state index contributed by atoms with van der Waals surface area (Å²) in [7, 11) is 3.93. The first kappa shape index (κ1) is 15.7. The van der Waals surface area contributed by atoms with Gasteiger partial charge >= 0.3 is 0 Å². The Hall–Kier alpha value is -0.690. The highest BCUT2D eigenvalue weighted by atomic mass is 32.1. The van der Waals surface area contributed by atoms with Gasteiger partial charge < -0.3 is 19.9 Å². The third-order valence-corrected chi connectivity index (χ3v) is 4.65. The van der Waals surface area contributed by atoms with Gasteiger partial charge in [-0.3, -0.25) is 0 Å². The molecule has 1 aliphatic rings. The zero-order valence-corrected chi connectivity index (χ0v) is 13.6. The van der Waals surface area contributed by atoms with E-state index in [0.29, 0.717) is 6.04 Å². The molecule has 1 fully saturated rings. The fourth-order valence-electron chi connectivity index (χ4n) is 2.55. The molecule has 1 unspecified atom stereocenters. The number of nitrogens with zero attached hydrogens (tertiary/aromatic N) is 3.